The summed E-state index contributed by atoms with van der Waals surface area (Å²) in [6, 6.07) is 28.2. The van der Waals surface area contributed by atoms with Gasteiger partial charge in [0.15, 0.2) is 6.29 Å². The predicted octanol–water partition coefficient (Wildman–Crippen LogP) is 4.77. The average molecular weight is 476 g/mol. The number of benzene rings is 3. The van der Waals surface area contributed by atoms with Gasteiger partial charge in [-0.15, -0.1) is 0 Å². The van der Waals surface area contributed by atoms with E-state index < -0.39 is 30.6 Å². The molecule has 1 N–H and O–H groups in total. The van der Waals surface area contributed by atoms with Crippen LogP contribution in [0.1, 0.15) is 16.7 Å². The lowest BCUT2D eigenvalue weighted by atomic mass is 9.96. The summed E-state index contributed by atoms with van der Waals surface area (Å²) < 4.78 is 24.3. The molecule has 0 saturated carbocycles. The number of hydrogen-bond donors (Lipinski definition) is 1. The number of aliphatic hydroxyl groups is 1. The van der Waals surface area contributed by atoms with E-state index in [9.17, 15) is 5.11 Å². The minimum absolute atomic E-state index is 0.166. The smallest absolute Gasteiger partial charge is 0.166 e. The van der Waals surface area contributed by atoms with Crippen molar-refractivity contribution < 1.29 is 24.1 Å². The molecule has 35 heavy (non-hydrogen) atoms. The quantitative estimate of drug-likeness (QED) is 0.244. The molecular formula is C27H29N3O5. The topological polar surface area (TPSA) is 106 Å². The molecule has 8 nitrogen and oxygen atoms in total. The fourth-order valence-electron chi connectivity index (χ4n) is 4.02. The molecule has 0 radical (unpaired) electrons. The molecule has 1 aliphatic rings. The van der Waals surface area contributed by atoms with Crippen molar-refractivity contribution in [3.05, 3.63) is 118 Å². The van der Waals surface area contributed by atoms with Crippen LogP contribution in [0.2, 0.25) is 0 Å². The van der Waals surface area contributed by atoms with Crippen molar-refractivity contribution in [3.63, 3.8) is 0 Å². The lowest BCUT2D eigenvalue weighted by molar-refractivity contribution is -0.273. The Hall–Kier alpha value is -3.23. The van der Waals surface area contributed by atoms with Gasteiger partial charge in [0.2, 0.25) is 0 Å². The summed E-state index contributed by atoms with van der Waals surface area (Å²) in [5.74, 6) is 0. The van der Waals surface area contributed by atoms with Crippen molar-refractivity contribution in [3.8, 4) is 0 Å². The van der Waals surface area contributed by atoms with Crippen LogP contribution in [-0.2, 0) is 38.8 Å². The largest absolute Gasteiger partial charge is 0.374 e. The number of nitrogens with zero attached hydrogens (tertiary/aromatic N) is 3. The SMILES string of the molecule is [N-]=[N+]=N[C@H]1C(O)O[C@H](COCc2ccccc2)[C@H](OCc2ccccc2)[C@@H]1OCc1ccccc1. The van der Waals surface area contributed by atoms with Gasteiger partial charge < -0.3 is 24.1 Å². The fourth-order valence-corrected chi connectivity index (χ4v) is 4.02. The molecule has 8 heteroatoms. The molecule has 182 valence electrons. The van der Waals surface area contributed by atoms with Gasteiger partial charge in [0.25, 0.3) is 0 Å². The first-order chi connectivity index (χ1) is 17.2. The highest BCUT2D eigenvalue weighted by molar-refractivity contribution is 5.15. The first-order valence-electron chi connectivity index (χ1n) is 11.5. The summed E-state index contributed by atoms with van der Waals surface area (Å²) in [7, 11) is 0. The summed E-state index contributed by atoms with van der Waals surface area (Å²) in [6.07, 6.45) is -3.38. The number of azide groups is 1. The molecule has 3 aromatic carbocycles. The maximum atomic E-state index is 10.7. The van der Waals surface area contributed by atoms with Gasteiger partial charge in [0.05, 0.1) is 26.4 Å². The molecule has 0 bridgehead atoms. The highest BCUT2D eigenvalue weighted by Crippen LogP contribution is 2.29. The normalized spacial score (nSPS) is 24.0. The molecule has 1 aliphatic heterocycles. The molecule has 0 aliphatic carbocycles. The molecule has 1 fully saturated rings. The minimum atomic E-state index is -1.35. The van der Waals surface area contributed by atoms with Crippen LogP contribution in [0.3, 0.4) is 0 Å². The molecule has 1 saturated heterocycles. The Kier molecular flexibility index (Phi) is 9.25. The van der Waals surface area contributed by atoms with Crippen molar-refractivity contribution >= 4 is 0 Å². The molecule has 5 atom stereocenters. The highest BCUT2D eigenvalue weighted by atomic mass is 16.7. The van der Waals surface area contributed by atoms with Gasteiger partial charge in [-0.25, -0.2) is 0 Å². The molecule has 4 rings (SSSR count). The monoisotopic (exact) mass is 475 g/mol. The number of ether oxygens (including phenoxy) is 4. The zero-order valence-corrected chi connectivity index (χ0v) is 19.3. The van der Waals surface area contributed by atoms with E-state index in [0.717, 1.165) is 16.7 Å². The lowest BCUT2D eigenvalue weighted by Gasteiger charge is -2.43. The summed E-state index contributed by atoms with van der Waals surface area (Å²) in [5.41, 5.74) is 12.1. The van der Waals surface area contributed by atoms with Crippen LogP contribution in [0.4, 0.5) is 0 Å². The van der Waals surface area contributed by atoms with Crippen LogP contribution in [0.25, 0.3) is 10.4 Å². The van der Waals surface area contributed by atoms with Crippen LogP contribution in [-0.4, -0.2) is 42.4 Å². The first-order valence-corrected chi connectivity index (χ1v) is 11.5. The van der Waals surface area contributed by atoms with Gasteiger partial charge in [-0.1, -0.05) is 96.1 Å². The van der Waals surface area contributed by atoms with Crippen LogP contribution < -0.4 is 0 Å². The third-order valence-corrected chi connectivity index (χ3v) is 5.78. The second kappa shape index (κ2) is 13.0. The molecule has 0 aromatic heterocycles. The summed E-state index contributed by atoms with van der Waals surface area (Å²) in [4.78, 5) is 2.91. The second-order valence-corrected chi connectivity index (χ2v) is 8.28. The summed E-state index contributed by atoms with van der Waals surface area (Å²) in [6.45, 7) is 1.11. The Bertz CT molecular complexity index is 1060. The van der Waals surface area contributed by atoms with Crippen molar-refractivity contribution in [2.75, 3.05) is 6.61 Å². The van der Waals surface area contributed by atoms with E-state index in [1.165, 1.54) is 0 Å². The molecule has 0 spiro atoms. The van der Waals surface area contributed by atoms with Gasteiger partial charge >= 0.3 is 0 Å². The van der Waals surface area contributed by atoms with Crippen molar-refractivity contribution in [1.82, 2.24) is 0 Å². The van der Waals surface area contributed by atoms with Crippen LogP contribution in [0.5, 0.6) is 0 Å². The first kappa shape index (κ1) is 24.9. The lowest BCUT2D eigenvalue weighted by Crippen LogP contribution is -2.59. The molecule has 0 amide bonds. The Morgan fingerprint density at radius 2 is 1.23 bits per heavy atom. The van der Waals surface area contributed by atoms with E-state index in [0.29, 0.717) is 13.2 Å². The van der Waals surface area contributed by atoms with Gasteiger partial charge in [-0.2, -0.15) is 0 Å². The maximum Gasteiger partial charge on any atom is 0.166 e. The average Bonchev–Trinajstić information content (AvgIpc) is 2.90. The van der Waals surface area contributed by atoms with E-state index in [4.69, 9.17) is 24.5 Å². The van der Waals surface area contributed by atoms with E-state index in [1.807, 2.05) is 91.0 Å². The third kappa shape index (κ3) is 7.13. The van der Waals surface area contributed by atoms with Crippen LogP contribution in [0.15, 0.2) is 96.1 Å². The molecule has 1 unspecified atom stereocenters. The summed E-state index contributed by atoms with van der Waals surface area (Å²) >= 11 is 0. The van der Waals surface area contributed by atoms with Crippen molar-refractivity contribution in [1.29, 1.82) is 0 Å². The predicted molar refractivity (Wildman–Crippen MR) is 130 cm³/mol. The van der Waals surface area contributed by atoms with Crippen molar-refractivity contribution in [2.24, 2.45) is 5.11 Å². The zero-order chi connectivity index (χ0) is 24.3. The number of hydrogen-bond acceptors (Lipinski definition) is 6. The molecule has 3 aromatic rings. The fraction of sp³-hybridized carbons (Fsp3) is 0.333. The van der Waals surface area contributed by atoms with E-state index in [2.05, 4.69) is 10.0 Å². The van der Waals surface area contributed by atoms with Crippen molar-refractivity contribution in [2.45, 2.75) is 50.5 Å². The van der Waals surface area contributed by atoms with Gasteiger partial charge in [0, 0.05) is 4.91 Å². The van der Waals surface area contributed by atoms with E-state index in [-0.39, 0.29) is 13.2 Å². The minimum Gasteiger partial charge on any atom is -0.374 e. The number of aliphatic hydroxyl groups excluding tert-OH is 1. The third-order valence-electron chi connectivity index (χ3n) is 5.78. The maximum absolute atomic E-state index is 10.7. The van der Waals surface area contributed by atoms with Gasteiger partial charge in [-0.05, 0) is 22.2 Å². The summed E-state index contributed by atoms with van der Waals surface area (Å²) in [5, 5.41) is 14.5. The van der Waals surface area contributed by atoms with Crippen LogP contribution >= 0.6 is 0 Å². The Morgan fingerprint density at radius 3 is 1.74 bits per heavy atom. The number of rotatable bonds is 11. The van der Waals surface area contributed by atoms with Gasteiger partial charge in [-0.3, -0.25) is 0 Å². The molecular weight excluding hydrogens is 446 g/mol. The van der Waals surface area contributed by atoms with E-state index >= 15 is 0 Å². The second-order valence-electron chi connectivity index (χ2n) is 8.28. The highest BCUT2D eigenvalue weighted by Gasteiger charge is 2.46. The van der Waals surface area contributed by atoms with Gasteiger partial charge in [0.1, 0.15) is 24.4 Å². The standard InChI is InChI=1S/C27H29N3O5/c28-30-29-24-26(34-18-22-14-8-3-9-15-22)25(33-17-21-12-6-2-7-13-21)23(35-27(24)31)19-32-16-20-10-4-1-5-11-20/h1-15,23-27,31H,16-19H2/t23-,24-,25+,26-,27?/m1/s1. The molecule has 1 heterocycles. The Morgan fingerprint density at radius 1 is 0.743 bits per heavy atom. The Balaban J connectivity index is 1.52. The van der Waals surface area contributed by atoms with Crippen LogP contribution in [0, 0.1) is 0 Å². The van der Waals surface area contributed by atoms with E-state index in [1.54, 1.807) is 0 Å². The zero-order valence-electron chi connectivity index (χ0n) is 19.3. The Labute approximate surface area is 204 Å².